The number of hydrogen-bond acceptors (Lipinski definition) is 5. The quantitative estimate of drug-likeness (QED) is 0.685. The standard InChI is InChI=1S/C24H35N3O4S/c1-17-15-19(23(2,3)4)21(20(16-17)24(5,6)7)31-22(28)26-32(29,30)27(8)14-12-18-11-9-10-13-25-18/h9-11,13,15-16H,12,14H2,1-8H3,(H,26,28). The van der Waals surface area contributed by atoms with E-state index in [0.29, 0.717) is 12.2 Å². The van der Waals surface area contributed by atoms with E-state index in [9.17, 15) is 13.2 Å². The zero-order chi connectivity index (χ0) is 24.3. The van der Waals surface area contributed by atoms with Gasteiger partial charge in [-0.2, -0.15) is 12.7 Å². The van der Waals surface area contributed by atoms with Gasteiger partial charge in [0.25, 0.3) is 0 Å². The number of likely N-dealkylation sites (N-methyl/N-ethyl adjacent to an activating group) is 1. The van der Waals surface area contributed by atoms with Gasteiger partial charge in [0.15, 0.2) is 0 Å². The number of aryl methyl sites for hydroxylation is 1. The van der Waals surface area contributed by atoms with Crippen LogP contribution in [-0.2, 0) is 27.5 Å². The van der Waals surface area contributed by atoms with Crippen LogP contribution in [0.15, 0.2) is 36.5 Å². The number of rotatable bonds is 6. The Morgan fingerprint density at radius 1 is 1.06 bits per heavy atom. The molecule has 0 fully saturated rings. The van der Waals surface area contributed by atoms with Crippen molar-refractivity contribution in [1.82, 2.24) is 14.0 Å². The number of carbonyl (C=O) groups is 1. The summed E-state index contributed by atoms with van der Waals surface area (Å²) in [7, 11) is -2.67. The first kappa shape index (κ1) is 25.8. The van der Waals surface area contributed by atoms with Crippen molar-refractivity contribution in [2.75, 3.05) is 13.6 Å². The summed E-state index contributed by atoms with van der Waals surface area (Å²) in [5, 5.41) is 0. The summed E-state index contributed by atoms with van der Waals surface area (Å²) in [6, 6.07) is 9.41. The van der Waals surface area contributed by atoms with Crippen LogP contribution in [0.4, 0.5) is 4.79 Å². The molecular formula is C24H35N3O4S. The van der Waals surface area contributed by atoms with Gasteiger partial charge in [-0.3, -0.25) is 4.98 Å². The molecule has 1 amide bonds. The predicted molar refractivity (Wildman–Crippen MR) is 127 cm³/mol. The Kier molecular flexibility index (Phi) is 7.73. The molecule has 8 heteroatoms. The number of amides is 1. The number of aromatic nitrogens is 1. The molecule has 0 aliphatic heterocycles. The SMILES string of the molecule is Cc1cc(C(C)(C)C)c(OC(=O)NS(=O)(=O)N(C)CCc2ccccn2)c(C(C)(C)C)c1. The van der Waals surface area contributed by atoms with Crippen LogP contribution in [-0.4, -0.2) is 37.4 Å². The van der Waals surface area contributed by atoms with Crippen molar-refractivity contribution in [2.24, 2.45) is 0 Å². The van der Waals surface area contributed by atoms with Gasteiger partial charge < -0.3 is 4.74 Å². The number of hydrogen-bond donors (Lipinski definition) is 1. The van der Waals surface area contributed by atoms with E-state index in [0.717, 1.165) is 26.7 Å². The zero-order valence-electron chi connectivity index (χ0n) is 20.3. The summed E-state index contributed by atoms with van der Waals surface area (Å²) < 4.78 is 34.1. The number of benzene rings is 1. The van der Waals surface area contributed by atoms with Crippen molar-refractivity contribution >= 4 is 16.3 Å². The van der Waals surface area contributed by atoms with Crippen LogP contribution in [0.2, 0.25) is 0 Å². The molecule has 2 aromatic rings. The lowest BCUT2D eigenvalue weighted by molar-refractivity contribution is 0.204. The summed E-state index contributed by atoms with van der Waals surface area (Å²) in [6.07, 6.45) is 1.04. The summed E-state index contributed by atoms with van der Waals surface area (Å²) in [4.78, 5) is 16.9. The van der Waals surface area contributed by atoms with Crippen molar-refractivity contribution in [3.63, 3.8) is 0 Å². The van der Waals surface area contributed by atoms with Gasteiger partial charge in [-0.1, -0.05) is 65.3 Å². The van der Waals surface area contributed by atoms with Crippen LogP contribution in [0, 0.1) is 6.92 Å². The van der Waals surface area contributed by atoms with E-state index in [1.807, 2.05) is 77.5 Å². The summed E-state index contributed by atoms with van der Waals surface area (Å²) in [6.45, 7) is 14.3. The smallest absolute Gasteiger partial charge is 0.409 e. The zero-order valence-corrected chi connectivity index (χ0v) is 21.1. The van der Waals surface area contributed by atoms with Crippen molar-refractivity contribution in [3.8, 4) is 5.75 Å². The second-order valence-corrected chi connectivity index (χ2v) is 11.9. The minimum absolute atomic E-state index is 0.171. The van der Waals surface area contributed by atoms with E-state index < -0.39 is 16.3 Å². The van der Waals surface area contributed by atoms with Gasteiger partial charge in [0.05, 0.1) is 0 Å². The molecule has 1 aromatic carbocycles. The lowest BCUT2D eigenvalue weighted by Gasteiger charge is -2.29. The maximum Gasteiger partial charge on any atom is 0.427 e. The molecule has 0 bridgehead atoms. The third-order valence-electron chi connectivity index (χ3n) is 5.08. The van der Waals surface area contributed by atoms with Gasteiger partial charge in [-0.25, -0.2) is 9.52 Å². The molecule has 0 spiro atoms. The molecule has 1 aromatic heterocycles. The van der Waals surface area contributed by atoms with E-state index in [2.05, 4.69) is 4.98 Å². The Balaban J connectivity index is 2.24. The fraction of sp³-hybridized carbons (Fsp3) is 0.500. The van der Waals surface area contributed by atoms with Crippen molar-refractivity contribution in [1.29, 1.82) is 0 Å². The first-order valence-electron chi connectivity index (χ1n) is 10.6. The lowest BCUT2D eigenvalue weighted by atomic mass is 9.78. The van der Waals surface area contributed by atoms with Crippen molar-refractivity contribution in [2.45, 2.75) is 65.7 Å². The fourth-order valence-corrected chi connectivity index (χ4v) is 3.97. The number of nitrogens with zero attached hydrogens (tertiary/aromatic N) is 2. The highest BCUT2D eigenvalue weighted by Gasteiger charge is 2.30. The third-order valence-corrected chi connectivity index (χ3v) is 6.50. The molecule has 0 aliphatic rings. The predicted octanol–water partition coefficient (Wildman–Crippen LogP) is 4.49. The van der Waals surface area contributed by atoms with E-state index in [1.165, 1.54) is 7.05 Å². The molecule has 7 nitrogen and oxygen atoms in total. The summed E-state index contributed by atoms with van der Waals surface area (Å²) >= 11 is 0. The Morgan fingerprint density at radius 3 is 2.09 bits per heavy atom. The van der Waals surface area contributed by atoms with Crippen molar-refractivity contribution in [3.05, 3.63) is 58.9 Å². The highest BCUT2D eigenvalue weighted by molar-refractivity contribution is 7.87. The van der Waals surface area contributed by atoms with Crippen LogP contribution in [0.5, 0.6) is 5.75 Å². The minimum Gasteiger partial charge on any atom is -0.409 e. The van der Waals surface area contributed by atoms with E-state index in [1.54, 1.807) is 12.3 Å². The number of nitrogens with one attached hydrogen (secondary N) is 1. The van der Waals surface area contributed by atoms with E-state index >= 15 is 0 Å². The Hall–Kier alpha value is -2.45. The maximum absolute atomic E-state index is 12.7. The molecule has 1 N–H and O–H groups in total. The molecule has 0 unspecified atom stereocenters. The maximum atomic E-state index is 12.7. The van der Waals surface area contributed by atoms with Crippen LogP contribution in [0.1, 0.15) is 63.9 Å². The number of pyridine rings is 1. The number of carbonyl (C=O) groups excluding carboxylic acids is 1. The third kappa shape index (κ3) is 6.77. The van der Waals surface area contributed by atoms with Crippen LogP contribution >= 0.6 is 0 Å². The monoisotopic (exact) mass is 461 g/mol. The summed E-state index contributed by atoms with van der Waals surface area (Å²) in [5.74, 6) is 0.402. The lowest BCUT2D eigenvalue weighted by Crippen LogP contribution is -2.43. The van der Waals surface area contributed by atoms with Crippen molar-refractivity contribution < 1.29 is 17.9 Å². The first-order valence-corrected chi connectivity index (χ1v) is 12.1. The Bertz CT molecular complexity index is 1020. The molecule has 32 heavy (non-hydrogen) atoms. The molecule has 0 saturated heterocycles. The molecular weight excluding hydrogens is 426 g/mol. The van der Waals surface area contributed by atoms with Crippen LogP contribution in [0.25, 0.3) is 0 Å². The van der Waals surface area contributed by atoms with Gasteiger partial charge in [0.2, 0.25) is 0 Å². The molecule has 0 atom stereocenters. The normalized spacial score (nSPS) is 12.7. The van der Waals surface area contributed by atoms with Gasteiger partial charge in [0, 0.05) is 43.0 Å². The highest BCUT2D eigenvalue weighted by Crippen LogP contribution is 2.40. The highest BCUT2D eigenvalue weighted by atomic mass is 32.2. The van der Waals surface area contributed by atoms with Gasteiger partial charge in [-0.05, 0) is 29.9 Å². The summed E-state index contributed by atoms with van der Waals surface area (Å²) in [5.41, 5.74) is 2.90. The van der Waals surface area contributed by atoms with Crippen LogP contribution < -0.4 is 9.46 Å². The minimum atomic E-state index is -4.07. The molecule has 0 radical (unpaired) electrons. The molecule has 0 aliphatic carbocycles. The fourth-order valence-electron chi connectivity index (χ4n) is 3.23. The average Bonchev–Trinajstić information content (AvgIpc) is 2.65. The second-order valence-electron chi connectivity index (χ2n) is 10.1. The average molecular weight is 462 g/mol. The first-order chi connectivity index (χ1) is 14.6. The Labute approximate surface area is 192 Å². The second kappa shape index (κ2) is 9.58. The topological polar surface area (TPSA) is 88.6 Å². The number of ether oxygens (including phenoxy) is 1. The Morgan fingerprint density at radius 2 is 1.62 bits per heavy atom. The molecule has 176 valence electrons. The van der Waals surface area contributed by atoms with Gasteiger partial charge in [0.1, 0.15) is 5.75 Å². The van der Waals surface area contributed by atoms with Gasteiger partial charge >= 0.3 is 16.3 Å². The van der Waals surface area contributed by atoms with Crippen LogP contribution in [0.3, 0.4) is 0 Å². The van der Waals surface area contributed by atoms with E-state index in [4.69, 9.17) is 4.74 Å². The largest absolute Gasteiger partial charge is 0.427 e. The molecule has 2 rings (SSSR count). The molecule has 1 heterocycles. The van der Waals surface area contributed by atoms with E-state index in [-0.39, 0.29) is 17.4 Å². The van der Waals surface area contributed by atoms with Gasteiger partial charge in [-0.15, -0.1) is 0 Å². The molecule has 0 saturated carbocycles.